The van der Waals surface area contributed by atoms with Gasteiger partial charge in [0.1, 0.15) is 5.69 Å². The molecule has 0 aromatic carbocycles. The number of nitrogens with zero attached hydrogens (tertiary/aromatic N) is 6. The van der Waals surface area contributed by atoms with E-state index >= 15 is 0 Å². The molecule has 4 saturated carbocycles. The number of hydrogen-bond donors (Lipinski definition) is 2. The van der Waals surface area contributed by atoms with Crippen LogP contribution in [-0.2, 0) is 4.79 Å². The molecule has 3 aromatic heterocycles. The third kappa shape index (κ3) is 5.75. The number of amides is 2. The molecule has 0 radical (unpaired) electrons. The second-order valence-electron chi connectivity index (χ2n) is 13.2. The van der Waals surface area contributed by atoms with Crippen LogP contribution in [0.15, 0.2) is 23.1 Å². The average Bonchev–Trinajstić information content (AvgIpc) is 3.78. The molecule has 0 saturated heterocycles. The van der Waals surface area contributed by atoms with Crippen molar-refractivity contribution in [2.45, 2.75) is 100 Å². The number of carbonyl (C=O) groups is 2. The Morgan fingerprint density at radius 2 is 1.82 bits per heavy atom. The summed E-state index contributed by atoms with van der Waals surface area (Å²) in [5.41, 5.74) is 0.887. The van der Waals surface area contributed by atoms with Crippen molar-refractivity contribution in [1.82, 2.24) is 35.5 Å². The van der Waals surface area contributed by atoms with Crippen molar-refractivity contribution >= 4 is 17.5 Å². The Bertz CT molecular complexity index is 1660. The highest BCUT2D eigenvalue weighted by molar-refractivity contribution is 5.93. The molecule has 0 spiro atoms. The van der Waals surface area contributed by atoms with Crippen molar-refractivity contribution < 1.29 is 31.8 Å². The van der Waals surface area contributed by atoms with Gasteiger partial charge in [-0.2, -0.15) is 10.4 Å². The van der Waals surface area contributed by atoms with Crippen LogP contribution in [0, 0.1) is 28.6 Å². The quantitative estimate of drug-likeness (QED) is 0.292. The molecule has 238 valence electrons. The summed E-state index contributed by atoms with van der Waals surface area (Å²) in [7, 11) is 0. The van der Waals surface area contributed by atoms with E-state index in [0.29, 0.717) is 35.4 Å². The van der Waals surface area contributed by atoms with E-state index in [1.54, 1.807) is 12.3 Å². The molecule has 4 aliphatic rings. The van der Waals surface area contributed by atoms with Crippen molar-refractivity contribution in [3.63, 3.8) is 0 Å². The maximum Gasteiger partial charge on any atom is 0.276 e. The third-order valence-electron chi connectivity index (χ3n) is 9.94. The van der Waals surface area contributed by atoms with E-state index in [0.717, 1.165) is 19.3 Å². The highest BCUT2D eigenvalue weighted by Gasteiger charge is 2.57. The van der Waals surface area contributed by atoms with E-state index in [2.05, 4.69) is 32.1 Å². The van der Waals surface area contributed by atoms with Crippen molar-refractivity contribution in [2.24, 2.45) is 17.3 Å². The van der Waals surface area contributed by atoms with Crippen molar-refractivity contribution in [3.8, 4) is 6.07 Å². The van der Waals surface area contributed by atoms with Gasteiger partial charge in [-0.05, 0) is 61.2 Å². The van der Waals surface area contributed by atoms with Gasteiger partial charge in [0.05, 0.1) is 41.7 Å². The molecule has 3 heterocycles. The van der Waals surface area contributed by atoms with Crippen LogP contribution in [0.2, 0.25) is 0 Å². The van der Waals surface area contributed by atoms with Gasteiger partial charge in [-0.15, -0.1) is 0 Å². The number of nitrogens with one attached hydrogen (secondary N) is 2. The predicted molar refractivity (Wildman–Crippen MR) is 147 cm³/mol. The standard InChI is InChI=1S/C30H32F4N8O3/c31-29(32)8-4-17(5-9-29)23(39-27(44)25-24(16-2-3-16)40-45-41-25)20-14-42-21(37-20)10-18(13-36-42)26(28(15-35)6-1-7-28)38-22(43)11-19-12-30(19,33)34/h10,13-14,16-17,19,23,26H,1-9,11-12H2,(H,38,43)(H,39,44)/t19-,23-,26?/m0/s1. The summed E-state index contributed by atoms with van der Waals surface area (Å²) >= 11 is 0. The van der Waals surface area contributed by atoms with Gasteiger partial charge in [-0.3, -0.25) is 9.59 Å². The highest BCUT2D eigenvalue weighted by atomic mass is 19.3. The van der Waals surface area contributed by atoms with Crippen molar-refractivity contribution in [1.29, 1.82) is 5.26 Å². The van der Waals surface area contributed by atoms with E-state index in [9.17, 15) is 32.4 Å². The summed E-state index contributed by atoms with van der Waals surface area (Å²) in [6.07, 6.45) is 5.74. The largest absolute Gasteiger partial charge is 0.348 e. The molecule has 4 aliphatic carbocycles. The van der Waals surface area contributed by atoms with E-state index in [4.69, 9.17) is 9.61 Å². The van der Waals surface area contributed by atoms with Crippen molar-refractivity contribution in [2.75, 3.05) is 0 Å². The summed E-state index contributed by atoms with van der Waals surface area (Å²) in [5.74, 6) is -7.95. The van der Waals surface area contributed by atoms with Crippen LogP contribution in [0.3, 0.4) is 0 Å². The zero-order valence-corrected chi connectivity index (χ0v) is 24.3. The van der Waals surface area contributed by atoms with Crippen LogP contribution >= 0.6 is 0 Å². The number of carbonyl (C=O) groups excluding carboxylic acids is 2. The highest BCUT2D eigenvalue weighted by Crippen LogP contribution is 2.52. The van der Waals surface area contributed by atoms with Gasteiger partial charge in [0, 0.05) is 37.5 Å². The molecule has 3 atom stereocenters. The minimum atomic E-state index is -2.84. The summed E-state index contributed by atoms with van der Waals surface area (Å²) in [5, 5.41) is 28.0. The molecule has 7 rings (SSSR count). The van der Waals surface area contributed by atoms with Gasteiger partial charge in [-0.1, -0.05) is 11.6 Å². The van der Waals surface area contributed by atoms with Crippen LogP contribution in [0.4, 0.5) is 17.6 Å². The lowest BCUT2D eigenvalue weighted by Crippen LogP contribution is -2.44. The Kier molecular flexibility index (Phi) is 7.09. The lowest BCUT2D eigenvalue weighted by molar-refractivity contribution is -0.124. The van der Waals surface area contributed by atoms with Gasteiger partial charge in [-0.25, -0.2) is 31.7 Å². The Morgan fingerprint density at radius 1 is 1.09 bits per heavy atom. The smallest absolute Gasteiger partial charge is 0.276 e. The third-order valence-corrected chi connectivity index (χ3v) is 9.94. The van der Waals surface area contributed by atoms with Crippen LogP contribution in [0.25, 0.3) is 5.65 Å². The van der Waals surface area contributed by atoms with E-state index in [1.165, 1.54) is 10.7 Å². The van der Waals surface area contributed by atoms with Gasteiger partial charge >= 0.3 is 0 Å². The monoisotopic (exact) mass is 628 g/mol. The van der Waals surface area contributed by atoms with Gasteiger partial charge in [0.2, 0.25) is 11.8 Å². The van der Waals surface area contributed by atoms with Crippen LogP contribution in [-0.4, -0.2) is 48.6 Å². The maximum atomic E-state index is 14.1. The van der Waals surface area contributed by atoms with E-state index in [-0.39, 0.29) is 56.1 Å². The Morgan fingerprint density at radius 3 is 2.44 bits per heavy atom. The molecule has 2 amide bonds. The Hall–Kier alpha value is -4.09. The number of rotatable bonds is 10. The zero-order valence-electron chi connectivity index (χ0n) is 24.3. The SMILES string of the molecule is N#CC1(C(NC(=O)C[C@H]2CC2(F)F)c2cnn3cc([C@@H](NC(=O)c4nonc4C4CC4)C4CCC(F)(F)CC4)nc3c2)CCC1. The lowest BCUT2D eigenvalue weighted by Gasteiger charge is -2.42. The first-order chi connectivity index (χ1) is 21.5. The first-order valence-electron chi connectivity index (χ1n) is 15.4. The minimum absolute atomic E-state index is 0.0673. The van der Waals surface area contributed by atoms with Gasteiger partial charge < -0.3 is 10.6 Å². The fourth-order valence-electron chi connectivity index (χ4n) is 6.73. The number of alkyl halides is 4. The number of halogens is 4. The number of aromatic nitrogens is 5. The molecule has 11 nitrogen and oxygen atoms in total. The summed E-state index contributed by atoms with van der Waals surface area (Å²) < 4.78 is 61.5. The molecule has 4 fully saturated rings. The number of nitriles is 1. The molecular weight excluding hydrogens is 596 g/mol. The molecule has 15 heteroatoms. The topological polar surface area (TPSA) is 151 Å². The molecule has 0 aliphatic heterocycles. The van der Waals surface area contributed by atoms with Crippen LogP contribution in [0.5, 0.6) is 0 Å². The summed E-state index contributed by atoms with van der Waals surface area (Å²) in [4.78, 5) is 30.9. The number of fused-ring (bicyclic) bond motifs is 1. The van der Waals surface area contributed by atoms with Crippen LogP contribution < -0.4 is 10.6 Å². The molecule has 1 unspecified atom stereocenters. The molecule has 2 N–H and O–H groups in total. The molecule has 45 heavy (non-hydrogen) atoms. The van der Waals surface area contributed by atoms with E-state index in [1.807, 2.05) is 0 Å². The fourth-order valence-corrected chi connectivity index (χ4v) is 6.73. The fraction of sp³-hybridized carbons (Fsp3) is 0.633. The predicted octanol–water partition coefficient (Wildman–Crippen LogP) is 5.18. The molecule has 3 aromatic rings. The Balaban J connectivity index is 1.18. The van der Waals surface area contributed by atoms with Gasteiger partial charge in [0.15, 0.2) is 11.3 Å². The number of imidazole rings is 1. The lowest BCUT2D eigenvalue weighted by atomic mass is 9.63. The maximum absolute atomic E-state index is 14.1. The van der Waals surface area contributed by atoms with Gasteiger partial charge in [0.25, 0.3) is 11.8 Å². The van der Waals surface area contributed by atoms with E-state index < -0.39 is 47.1 Å². The zero-order chi connectivity index (χ0) is 31.6. The normalized spacial score (nSPS) is 24.6. The first kappa shape index (κ1) is 29.6. The first-order valence-corrected chi connectivity index (χ1v) is 15.4. The second-order valence-corrected chi connectivity index (χ2v) is 13.2. The number of hydrogen-bond acceptors (Lipinski definition) is 8. The average molecular weight is 629 g/mol. The summed E-state index contributed by atoms with van der Waals surface area (Å²) in [6.45, 7) is 0. The molecule has 0 bridgehead atoms. The molecular formula is C30H32F4N8O3. The summed E-state index contributed by atoms with van der Waals surface area (Å²) in [6, 6.07) is 2.48. The Labute approximate surface area is 255 Å². The minimum Gasteiger partial charge on any atom is -0.348 e. The second kappa shape index (κ2) is 10.8. The van der Waals surface area contributed by atoms with Crippen LogP contribution in [0.1, 0.15) is 116 Å². The van der Waals surface area contributed by atoms with Crippen molar-refractivity contribution in [3.05, 3.63) is 41.1 Å².